The smallest absolute Gasteiger partial charge is 0.243 e. The first-order chi connectivity index (χ1) is 6.96. The Bertz CT molecular complexity index is 269. The normalized spacial score (nSPS) is 12.2. The van der Waals surface area contributed by atoms with E-state index in [0.29, 0.717) is 10.1 Å². The molecule has 94 valence electrons. The van der Waals surface area contributed by atoms with Crippen molar-refractivity contribution in [2.45, 2.75) is 52.6 Å². The topological polar surface area (TPSA) is 81.1 Å². The van der Waals surface area contributed by atoms with Gasteiger partial charge in [0.2, 0.25) is 11.8 Å². The number of hydrogen-bond acceptors (Lipinski definition) is 4. The molecule has 2 amide bonds. The molecule has 6 nitrogen and oxygen atoms in total. The standard InChI is InChI=1S/C10H20N2O4/c1-7(13)11(15)9(3,4)10(5,6)12(16)8(2)14/h15-16H,1-6H3. The summed E-state index contributed by atoms with van der Waals surface area (Å²) in [6, 6.07) is 0. The third-order valence-corrected chi connectivity index (χ3v) is 3.15. The molecule has 0 atom stereocenters. The van der Waals surface area contributed by atoms with E-state index in [1.54, 1.807) is 27.7 Å². The summed E-state index contributed by atoms with van der Waals surface area (Å²) >= 11 is 0. The number of amides is 2. The molecule has 0 radical (unpaired) electrons. The number of nitrogens with zero attached hydrogens (tertiary/aromatic N) is 2. The Kier molecular flexibility index (Phi) is 4.07. The van der Waals surface area contributed by atoms with Gasteiger partial charge in [-0.2, -0.15) is 0 Å². The minimum atomic E-state index is -1.13. The highest BCUT2D eigenvalue weighted by molar-refractivity contribution is 5.74. The highest BCUT2D eigenvalue weighted by atomic mass is 16.5. The number of carbonyl (C=O) groups excluding carboxylic acids is 2. The van der Waals surface area contributed by atoms with Crippen molar-refractivity contribution in [3.05, 3.63) is 0 Å². The fourth-order valence-electron chi connectivity index (χ4n) is 1.31. The van der Waals surface area contributed by atoms with Crippen LogP contribution in [-0.2, 0) is 9.59 Å². The van der Waals surface area contributed by atoms with Crippen LogP contribution in [0.15, 0.2) is 0 Å². The van der Waals surface area contributed by atoms with Gasteiger partial charge in [-0.3, -0.25) is 20.0 Å². The van der Waals surface area contributed by atoms with Gasteiger partial charge in [-0.05, 0) is 27.7 Å². The zero-order chi connectivity index (χ0) is 13.3. The SMILES string of the molecule is CC(=O)N(O)C(C)(C)C(C)(C)N(O)C(C)=O. The van der Waals surface area contributed by atoms with Gasteiger partial charge in [-0.15, -0.1) is 0 Å². The summed E-state index contributed by atoms with van der Waals surface area (Å²) in [7, 11) is 0. The van der Waals surface area contributed by atoms with Crippen LogP contribution in [0.1, 0.15) is 41.5 Å². The van der Waals surface area contributed by atoms with Crippen LogP contribution in [0.2, 0.25) is 0 Å². The molecule has 0 saturated heterocycles. The maximum Gasteiger partial charge on any atom is 0.243 e. The lowest BCUT2D eigenvalue weighted by molar-refractivity contribution is -0.245. The predicted molar refractivity (Wildman–Crippen MR) is 56.8 cm³/mol. The summed E-state index contributed by atoms with van der Waals surface area (Å²) in [5, 5.41) is 20.3. The van der Waals surface area contributed by atoms with E-state index < -0.39 is 22.9 Å². The molecule has 0 aromatic rings. The molecule has 0 aromatic carbocycles. The predicted octanol–water partition coefficient (Wildman–Crippen LogP) is 1.02. The first-order valence-electron chi connectivity index (χ1n) is 4.95. The molecular weight excluding hydrogens is 212 g/mol. The molecule has 2 N–H and O–H groups in total. The van der Waals surface area contributed by atoms with Crippen molar-refractivity contribution in [2.75, 3.05) is 0 Å². The number of rotatable bonds is 3. The third-order valence-electron chi connectivity index (χ3n) is 3.15. The quantitative estimate of drug-likeness (QED) is 0.562. The average Bonchev–Trinajstić information content (AvgIpc) is 2.14. The van der Waals surface area contributed by atoms with Crippen LogP contribution in [0.25, 0.3) is 0 Å². The van der Waals surface area contributed by atoms with E-state index >= 15 is 0 Å². The maximum absolute atomic E-state index is 11.1. The molecule has 0 fully saturated rings. The Morgan fingerprint density at radius 3 is 1.12 bits per heavy atom. The van der Waals surface area contributed by atoms with E-state index in [1.165, 1.54) is 13.8 Å². The van der Waals surface area contributed by atoms with Gasteiger partial charge in [0.25, 0.3) is 0 Å². The minimum Gasteiger partial charge on any atom is -0.285 e. The minimum absolute atomic E-state index is 0.513. The highest BCUT2D eigenvalue weighted by Gasteiger charge is 2.48. The summed E-state index contributed by atoms with van der Waals surface area (Å²) in [5.41, 5.74) is -2.25. The van der Waals surface area contributed by atoms with Gasteiger partial charge in [-0.1, -0.05) is 0 Å². The van der Waals surface area contributed by atoms with Crippen molar-refractivity contribution in [3.8, 4) is 0 Å². The summed E-state index contributed by atoms with van der Waals surface area (Å²) in [6.45, 7) is 8.63. The van der Waals surface area contributed by atoms with Crippen molar-refractivity contribution in [1.29, 1.82) is 0 Å². The van der Waals surface area contributed by atoms with Crippen LogP contribution in [0.3, 0.4) is 0 Å². The Morgan fingerprint density at radius 1 is 0.812 bits per heavy atom. The molecule has 0 spiro atoms. The first kappa shape index (κ1) is 14.9. The molecule has 0 unspecified atom stereocenters. The van der Waals surface area contributed by atoms with Gasteiger partial charge in [-0.25, -0.2) is 10.1 Å². The van der Waals surface area contributed by atoms with Crippen molar-refractivity contribution >= 4 is 11.8 Å². The zero-order valence-electron chi connectivity index (χ0n) is 10.6. The molecule has 0 bridgehead atoms. The number of hydroxylamine groups is 4. The van der Waals surface area contributed by atoms with Crippen molar-refractivity contribution in [2.24, 2.45) is 0 Å². The van der Waals surface area contributed by atoms with Crippen molar-refractivity contribution in [1.82, 2.24) is 10.1 Å². The lowest BCUT2D eigenvalue weighted by Crippen LogP contribution is -2.65. The van der Waals surface area contributed by atoms with Crippen molar-refractivity contribution in [3.63, 3.8) is 0 Å². The molecule has 16 heavy (non-hydrogen) atoms. The van der Waals surface area contributed by atoms with Gasteiger partial charge < -0.3 is 0 Å². The van der Waals surface area contributed by atoms with Gasteiger partial charge >= 0.3 is 0 Å². The zero-order valence-corrected chi connectivity index (χ0v) is 10.6. The Hall–Kier alpha value is -1.14. The van der Waals surface area contributed by atoms with Crippen LogP contribution in [0, 0.1) is 0 Å². The Morgan fingerprint density at radius 2 is 1.00 bits per heavy atom. The Labute approximate surface area is 95.4 Å². The van der Waals surface area contributed by atoms with E-state index in [1.807, 2.05) is 0 Å². The van der Waals surface area contributed by atoms with E-state index in [2.05, 4.69) is 0 Å². The van der Waals surface area contributed by atoms with Crippen LogP contribution in [0.4, 0.5) is 0 Å². The average molecular weight is 232 g/mol. The second-order valence-corrected chi connectivity index (χ2v) is 4.78. The van der Waals surface area contributed by atoms with Crippen LogP contribution < -0.4 is 0 Å². The molecule has 0 rings (SSSR count). The van der Waals surface area contributed by atoms with E-state index in [9.17, 15) is 20.0 Å². The molecule has 0 aliphatic heterocycles. The maximum atomic E-state index is 11.1. The van der Waals surface area contributed by atoms with Gasteiger partial charge in [0.05, 0.1) is 11.1 Å². The third kappa shape index (κ3) is 2.33. The summed E-state index contributed by atoms with van der Waals surface area (Å²) < 4.78 is 0. The molecular formula is C10H20N2O4. The van der Waals surface area contributed by atoms with E-state index in [0.717, 1.165) is 0 Å². The van der Waals surface area contributed by atoms with Crippen LogP contribution in [0.5, 0.6) is 0 Å². The highest BCUT2D eigenvalue weighted by Crippen LogP contribution is 2.31. The molecule has 0 aliphatic carbocycles. The van der Waals surface area contributed by atoms with Gasteiger partial charge in [0, 0.05) is 13.8 Å². The largest absolute Gasteiger partial charge is 0.285 e. The first-order valence-corrected chi connectivity index (χ1v) is 4.95. The number of carbonyl (C=O) groups is 2. The molecule has 0 saturated carbocycles. The summed E-state index contributed by atoms with van der Waals surface area (Å²) in [4.78, 5) is 22.2. The van der Waals surface area contributed by atoms with Gasteiger partial charge in [0.15, 0.2) is 0 Å². The van der Waals surface area contributed by atoms with E-state index in [-0.39, 0.29) is 0 Å². The van der Waals surface area contributed by atoms with Crippen molar-refractivity contribution < 1.29 is 20.0 Å². The summed E-state index contributed by atoms with van der Waals surface area (Å²) in [6.07, 6.45) is 0. The molecule has 6 heteroatoms. The number of hydrogen-bond donors (Lipinski definition) is 2. The molecule has 0 aromatic heterocycles. The fraction of sp³-hybridized carbons (Fsp3) is 0.800. The second kappa shape index (κ2) is 4.39. The van der Waals surface area contributed by atoms with Gasteiger partial charge in [0.1, 0.15) is 0 Å². The monoisotopic (exact) mass is 232 g/mol. The molecule has 0 heterocycles. The van der Waals surface area contributed by atoms with Crippen LogP contribution >= 0.6 is 0 Å². The van der Waals surface area contributed by atoms with Crippen LogP contribution in [-0.4, -0.2) is 43.4 Å². The lowest BCUT2D eigenvalue weighted by atomic mass is 9.81. The lowest BCUT2D eigenvalue weighted by Gasteiger charge is -2.48. The van der Waals surface area contributed by atoms with E-state index in [4.69, 9.17) is 0 Å². The fourth-order valence-corrected chi connectivity index (χ4v) is 1.31. The second-order valence-electron chi connectivity index (χ2n) is 4.78. The summed E-state index contributed by atoms with van der Waals surface area (Å²) in [5.74, 6) is -1.12. The Balaban J connectivity index is 5.27. The molecule has 0 aliphatic rings.